The summed E-state index contributed by atoms with van der Waals surface area (Å²) in [7, 11) is 1.62. The molecule has 1 heterocycles. The summed E-state index contributed by atoms with van der Waals surface area (Å²) in [5.41, 5.74) is -0.166. The molecule has 0 spiro atoms. The van der Waals surface area contributed by atoms with Crippen LogP contribution in [0.3, 0.4) is 0 Å². The summed E-state index contributed by atoms with van der Waals surface area (Å²) in [6, 6.07) is 0.416. The van der Waals surface area contributed by atoms with Crippen molar-refractivity contribution < 1.29 is 9.53 Å². The normalized spacial score (nSPS) is 18.2. The maximum absolute atomic E-state index is 11.0. The van der Waals surface area contributed by atoms with Crippen LogP contribution < -0.4 is 10.6 Å². The first-order valence-electron chi connectivity index (χ1n) is 4.80. The Morgan fingerprint density at radius 1 is 1.50 bits per heavy atom. The van der Waals surface area contributed by atoms with E-state index in [0.29, 0.717) is 6.04 Å². The third kappa shape index (κ3) is 3.47. The quantitative estimate of drug-likeness (QED) is 0.628. The Labute approximate surface area is 84.7 Å². The van der Waals surface area contributed by atoms with Gasteiger partial charge in [0.15, 0.2) is 0 Å². The van der Waals surface area contributed by atoms with Crippen LogP contribution in [-0.2, 0) is 9.53 Å². The van der Waals surface area contributed by atoms with Gasteiger partial charge in [-0.25, -0.2) is 0 Å². The summed E-state index contributed by atoms with van der Waals surface area (Å²) in [5.74, 6) is -0.0789. The molecule has 1 amide bonds. The predicted molar refractivity (Wildman–Crippen MR) is 55.0 cm³/mol. The summed E-state index contributed by atoms with van der Waals surface area (Å²) < 4.78 is 5.06. The Morgan fingerprint density at radius 3 is 2.57 bits per heavy atom. The van der Waals surface area contributed by atoms with Gasteiger partial charge < -0.3 is 15.4 Å². The van der Waals surface area contributed by atoms with Crippen molar-refractivity contribution in [2.75, 3.05) is 20.3 Å². The molecule has 0 aromatic rings. The summed E-state index contributed by atoms with van der Waals surface area (Å²) in [5, 5.41) is 5.92. The molecular weight excluding hydrogens is 180 g/mol. The van der Waals surface area contributed by atoms with Gasteiger partial charge in [0.25, 0.3) is 0 Å². The molecule has 2 N–H and O–H groups in total. The Hall–Kier alpha value is -0.870. The predicted octanol–water partition coefficient (Wildman–Crippen LogP) is 0.0556. The second kappa shape index (κ2) is 4.57. The summed E-state index contributed by atoms with van der Waals surface area (Å²) in [6.45, 7) is 5.59. The molecule has 0 atom stereocenters. The monoisotopic (exact) mass is 198 g/mol. The minimum Gasteiger partial charge on any atom is -0.378 e. The van der Waals surface area contributed by atoms with Gasteiger partial charge in [0.1, 0.15) is 0 Å². The van der Waals surface area contributed by atoms with Crippen molar-refractivity contribution >= 4 is 5.91 Å². The van der Waals surface area contributed by atoms with E-state index in [9.17, 15) is 4.79 Å². The highest BCUT2D eigenvalue weighted by Gasteiger charge is 2.24. The van der Waals surface area contributed by atoms with E-state index in [1.165, 1.54) is 0 Å². The number of nitrogens with one attached hydrogen (secondary N) is 2. The number of amides is 1. The molecule has 0 radical (unpaired) electrons. The maximum atomic E-state index is 11.0. The SMILES string of the molecule is CNC(=O)/C=C/C(C)(C)NC1COC1. The van der Waals surface area contributed by atoms with Crippen LogP contribution in [0.1, 0.15) is 13.8 Å². The number of carbonyl (C=O) groups is 1. The van der Waals surface area contributed by atoms with E-state index in [4.69, 9.17) is 4.74 Å². The van der Waals surface area contributed by atoms with E-state index in [-0.39, 0.29) is 11.4 Å². The fraction of sp³-hybridized carbons (Fsp3) is 0.700. The van der Waals surface area contributed by atoms with E-state index in [1.54, 1.807) is 13.1 Å². The van der Waals surface area contributed by atoms with E-state index in [0.717, 1.165) is 13.2 Å². The zero-order valence-electron chi connectivity index (χ0n) is 8.96. The Morgan fingerprint density at radius 2 is 2.14 bits per heavy atom. The summed E-state index contributed by atoms with van der Waals surface area (Å²) >= 11 is 0. The van der Waals surface area contributed by atoms with Gasteiger partial charge in [-0.2, -0.15) is 0 Å². The molecule has 0 unspecified atom stereocenters. The lowest BCUT2D eigenvalue weighted by Crippen LogP contribution is -2.54. The van der Waals surface area contributed by atoms with E-state index in [2.05, 4.69) is 10.6 Å². The number of hydrogen-bond acceptors (Lipinski definition) is 3. The number of rotatable bonds is 4. The lowest BCUT2D eigenvalue weighted by molar-refractivity contribution is -0.116. The topological polar surface area (TPSA) is 50.4 Å². The van der Waals surface area contributed by atoms with Crippen molar-refractivity contribution in [2.24, 2.45) is 0 Å². The third-order valence-electron chi connectivity index (χ3n) is 2.11. The lowest BCUT2D eigenvalue weighted by atomic mass is 10.0. The van der Waals surface area contributed by atoms with Crippen LogP contribution in [0.15, 0.2) is 12.2 Å². The van der Waals surface area contributed by atoms with Crippen molar-refractivity contribution in [3.8, 4) is 0 Å². The molecular formula is C10H18N2O2. The second-order valence-corrected chi connectivity index (χ2v) is 4.05. The van der Waals surface area contributed by atoms with Crippen molar-refractivity contribution in [1.82, 2.24) is 10.6 Å². The molecule has 14 heavy (non-hydrogen) atoms. The zero-order valence-corrected chi connectivity index (χ0v) is 8.96. The molecule has 1 rings (SSSR count). The molecule has 0 saturated carbocycles. The molecule has 0 aromatic carbocycles. The van der Waals surface area contributed by atoms with Gasteiger partial charge in [-0.3, -0.25) is 4.79 Å². The highest BCUT2D eigenvalue weighted by molar-refractivity contribution is 5.87. The Balaban J connectivity index is 2.38. The standard InChI is InChI=1S/C10H18N2O2/c1-10(2,5-4-9(13)11-3)12-8-6-14-7-8/h4-5,8,12H,6-7H2,1-3H3,(H,11,13)/b5-4+. The van der Waals surface area contributed by atoms with Crippen LogP contribution in [-0.4, -0.2) is 37.7 Å². The number of ether oxygens (including phenoxy) is 1. The molecule has 1 aliphatic heterocycles. The largest absolute Gasteiger partial charge is 0.378 e. The minimum absolute atomic E-state index is 0.0789. The van der Waals surface area contributed by atoms with Gasteiger partial charge in [0.2, 0.25) is 5.91 Å². The van der Waals surface area contributed by atoms with E-state index < -0.39 is 0 Å². The van der Waals surface area contributed by atoms with E-state index >= 15 is 0 Å². The van der Waals surface area contributed by atoms with Gasteiger partial charge in [-0.05, 0) is 13.8 Å². The average Bonchev–Trinajstić information content (AvgIpc) is 2.08. The molecule has 0 aromatic heterocycles. The smallest absolute Gasteiger partial charge is 0.243 e. The Kier molecular flexibility index (Phi) is 3.66. The molecule has 80 valence electrons. The van der Waals surface area contributed by atoms with E-state index in [1.807, 2.05) is 19.9 Å². The molecule has 0 aliphatic carbocycles. The van der Waals surface area contributed by atoms with Crippen molar-refractivity contribution in [1.29, 1.82) is 0 Å². The Bertz CT molecular complexity index is 232. The highest BCUT2D eigenvalue weighted by Crippen LogP contribution is 2.10. The van der Waals surface area contributed by atoms with Crippen molar-refractivity contribution in [2.45, 2.75) is 25.4 Å². The van der Waals surface area contributed by atoms with Gasteiger partial charge in [-0.1, -0.05) is 6.08 Å². The molecule has 4 heteroatoms. The van der Waals surface area contributed by atoms with Crippen LogP contribution in [0.2, 0.25) is 0 Å². The van der Waals surface area contributed by atoms with Crippen LogP contribution in [0.4, 0.5) is 0 Å². The minimum atomic E-state index is -0.166. The van der Waals surface area contributed by atoms with Gasteiger partial charge in [0.05, 0.1) is 19.3 Å². The molecule has 4 nitrogen and oxygen atoms in total. The number of carbonyl (C=O) groups excluding carboxylic acids is 1. The summed E-state index contributed by atoms with van der Waals surface area (Å²) in [6.07, 6.45) is 3.41. The van der Waals surface area contributed by atoms with Crippen LogP contribution in [0.5, 0.6) is 0 Å². The fourth-order valence-electron chi connectivity index (χ4n) is 1.26. The highest BCUT2D eigenvalue weighted by atomic mass is 16.5. The first-order valence-corrected chi connectivity index (χ1v) is 4.80. The first-order chi connectivity index (χ1) is 6.53. The fourth-order valence-corrected chi connectivity index (χ4v) is 1.26. The molecule has 1 saturated heterocycles. The second-order valence-electron chi connectivity index (χ2n) is 4.05. The molecule has 0 bridgehead atoms. The van der Waals surface area contributed by atoms with Gasteiger partial charge >= 0.3 is 0 Å². The lowest BCUT2D eigenvalue weighted by Gasteiger charge is -2.34. The first kappa shape index (κ1) is 11.2. The van der Waals surface area contributed by atoms with Crippen molar-refractivity contribution in [3.63, 3.8) is 0 Å². The summed E-state index contributed by atoms with van der Waals surface area (Å²) in [4.78, 5) is 11.0. The van der Waals surface area contributed by atoms with Crippen LogP contribution >= 0.6 is 0 Å². The van der Waals surface area contributed by atoms with Crippen LogP contribution in [0.25, 0.3) is 0 Å². The van der Waals surface area contributed by atoms with Crippen molar-refractivity contribution in [3.05, 3.63) is 12.2 Å². The van der Waals surface area contributed by atoms with Crippen LogP contribution in [0, 0.1) is 0 Å². The average molecular weight is 198 g/mol. The molecule has 1 fully saturated rings. The number of hydrogen-bond donors (Lipinski definition) is 2. The number of likely N-dealkylation sites (N-methyl/N-ethyl adjacent to an activating group) is 1. The third-order valence-corrected chi connectivity index (χ3v) is 2.11. The van der Waals surface area contributed by atoms with Gasteiger partial charge in [-0.15, -0.1) is 0 Å². The molecule has 1 aliphatic rings. The zero-order chi connectivity index (χ0) is 10.6. The van der Waals surface area contributed by atoms with Gasteiger partial charge in [0, 0.05) is 18.7 Å². The maximum Gasteiger partial charge on any atom is 0.243 e.